The van der Waals surface area contributed by atoms with Crippen LogP contribution in [0, 0.1) is 10.1 Å². The number of nitro groups is 1. The molecule has 8 heteroatoms. The molecule has 0 fully saturated rings. The van der Waals surface area contributed by atoms with Crippen molar-refractivity contribution < 1.29 is 4.92 Å². The Morgan fingerprint density at radius 2 is 2.05 bits per heavy atom. The van der Waals surface area contributed by atoms with Crippen LogP contribution in [0.5, 0.6) is 0 Å². The lowest BCUT2D eigenvalue weighted by Crippen LogP contribution is -2.11. The van der Waals surface area contributed by atoms with Crippen molar-refractivity contribution in [2.24, 2.45) is 0 Å². The van der Waals surface area contributed by atoms with Gasteiger partial charge in [0.15, 0.2) is 0 Å². The summed E-state index contributed by atoms with van der Waals surface area (Å²) in [5, 5.41) is 18.2. The molecule has 1 aromatic carbocycles. The van der Waals surface area contributed by atoms with Crippen molar-refractivity contribution in [3.8, 4) is 0 Å². The minimum Gasteiger partial charge on any atom is -0.381 e. The molecule has 0 atom stereocenters. The molecule has 2 rings (SSSR count). The Morgan fingerprint density at radius 1 is 1.37 bits per heavy atom. The minimum absolute atomic E-state index is 0.132. The van der Waals surface area contributed by atoms with Crippen LogP contribution in [-0.4, -0.2) is 21.2 Å². The lowest BCUT2D eigenvalue weighted by Gasteiger charge is -2.10. The molecule has 1 N–H and O–H groups in total. The van der Waals surface area contributed by atoms with Crippen molar-refractivity contribution >= 4 is 34.6 Å². The SMILES string of the molecule is O=[N+]([O-])c1cc(Cl)c(NCCn2cccn2)c(Cl)c1. The van der Waals surface area contributed by atoms with E-state index < -0.39 is 4.92 Å². The summed E-state index contributed by atoms with van der Waals surface area (Å²) in [5.74, 6) is 0. The molecule has 0 amide bonds. The predicted octanol–water partition coefficient (Wildman–Crippen LogP) is 3.21. The standard InChI is InChI=1S/C11H10Cl2N4O2/c12-9-6-8(17(18)19)7-10(13)11(9)14-3-5-16-4-1-2-15-16/h1-2,4,6-7,14H,3,5H2. The van der Waals surface area contributed by atoms with Crippen LogP contribution in [0.4, 0.5) is 11.4 Å². The minimum atomic E-state index is -0.536. The maximum atomic E-state index is 10.6. The van der Waals surface area contributed by atoms with Gasteiger partial charge in [0.25, 0.3) is 5.69 Å². The van der Waals surface area contributed by atoms with Gasteiger partial charge in [0.2, 0.25) is 0 Å². The number of nitrogens with one attached hydrogen (secondary N) is 1. The van der Waals surface area contributed by atoms with Crippen molar-refractivity contribution in [2.45, 2.75) is 6.54 Å². The number of benzene rings is 1. The highest BCUT2D eigenvalue weighted by molar-refractivity contribution is 6.39. The number of non-ortho nitro benzene ring substituents is 1. The van der Waals surface area contributed by atoms with Gasteiger partial charge in [-0.05, 0) is 6.07 Å². The van der Waals surface area contributed by atoms with E-state index in [0.717, 1.165) is 0 Å². The zero-order chi connectivity index (χ0) is 13.8. The molecule has 0 bridgehead atoms. The average molecular weight is 301 g/mol. The highest BCUT2D eigenvalue weighted by atomic mass is 35.5. The molecular formula is C11H10Cl2N4O2. The number of anilines is 1. The number of aromatic nitrogens is 2. The van der Waals surface area contributed by atoms with E-state index in [-0.39, 0.29) is 15.7 Å². The summed E-state index contributed by atoms with van der Waals surface area (Å²) in [6.45, 7) is 1.19. The van der Waals surface area contributed by atoms with Crippen LogP contribution in [0.1, 0.15) is 0 Å². The normalized spacial score (nSPS) is 10.4. The second kappa shape index (κ2) is 5.90. The Morgan fingerprint density at radius 3 is 2.58 bits per heavy atom. The molecule has 0 unspecified atom stereocenters. The van der Waals surface area contributed by atoms with Crippen LogP contribution in [0.25, 0.3) is 0 Å². The van der Waals surface area contributed by atoms with E-state index in [1.165, 1.54) is 12.1 Å². The third-order valence-corrected chi connectivity index (χ3v) is 3.04. The molecule has 100 valence electrons. The average Bonchev–Trinajstić information content (AvgIpc) is 2.85. The summed E-state index contributed by atoms with van der Waals surface area (Å²) in [5.41, 5.74) is 0.355. The molecule has 0 aliphatic heterocycles. The van der Waals surface area contributed by atoms with E-state index in [2.05, 4.69) is 10.4 Å². The molecule has 6 nitrogen and oxygen atoms in total. The third kappa shape index (κ3) is 3.36. The second-order valence-corrected chi connectivity index (χ2v) is 4.55. The highest BCUT2D eigenvalue weighted by Crippen LogP contribution is 2.34. The van der Waals surface area contributed by atoms with Crippen LogP contribution in [0.3, 0.4) is 0 Å². The van der Waals surface area contributed by atoms with E-state index in [9.17, 15) is 10.1 Å². The maximum absolute atomic E-state index is 10.6. The Labute approximate surface area is 119 Å². The maximum Gasteiger partial charge on any atom is 0.272 e. The molecule has 19 heavy (non-hydrogen) atoms. The van der Waals surface area contributed by atoms with Gasteiger partial charge in [0.1, 0.15) is 0 Å². The summed E-state index contributed by atoms with van der Waals surface area (Å²) >= 11 is 11.9. The van der Waals surface area contributed by atoms with Gasteiger partial charge in [0.05, 0.1) is 27.2 Å². The largest absolute Gasteiger partial charge is 0.381 e. The lowest BCUT2D eigenvalue weighted by molar-refractivity contribution is -0.384. The molecule has 0 saturated carbocycles. The van der Waals surface area contributed by atoms with Crippen molar-refractivity contribution in [3.05, 3.63) is 50.8 Å². The number of halogens is 2. The number of hydrogen-bond acceptors (Lipinski definition) is 4. The fourth-order valence-electron chi connectivity index (χ4n) is 1.56. The molecule has 0 aliphatic rings. The molecule has 0 radical (unpaired) electrons. The van der Waals surface area contributed by atoms with E-state index >= 15 is 0 Å². The van der Waals surface area contributed by atoms with E-state index in [0.29, 0.717) is 18.8 Å². The Balaban J connectivity index is 2.06. The lowest BCUT2D eigenvalue weighted by atomic mass is 10.2. The first-order valence-corrected chi connectivity index (χ1v) is 6.18. The summed E-state index contributed by atoms with van der Waals surface area (Å²) in [6.07, 6.45) is 3.52. The fourth-order valence-corrected chi connectivity index (χ4v) is 2.17. The van der Waals surface area contributed by atoms with Crippen LogP contribution in [-0.2, 0) is 6.54 Å². The van der Waals surface area contributed by atoms with Crippen molar-refractivity contribution in [1.82, 2.24) is 9.78 Å². The van der Waals surface area contributed by atoms with Gasteiger partial charge >= 0.3 is 0 Å². The molecule has 1 heterocycles. The molecule has 2 aromatic rings. The van der Waals surface area contributed by atoms with Gasteiger partial charge in [-0.2, -0.15) is 5.10 Å². The predicted molar refractivity (Wildman–Crippen MR) is 73.8 cm³/mol. The third-order valence-electron chi connectivity index (χ3n) is 2.44. The van der Waals surface area contributed by atoms with Gasteiger partial charge in [-0.3, -0.25) is 14.8 Å². The first-order valence-electron chi connectivity index (χ1n) is 5.42. The monoisotopic (exact) mass is 300 g/mol. The quantitative estimate of drug-likeness (QED) is 0.680. The summed E-state index contributed by atoms with van der Waals surface area (Å²) in [6, 6.07) is 4.36. The van der Waals surface area contributed by atoms with E-state index in [4.69, 9.17) is 23.2 Å². The van der Waals surface area contributed by atoms with Crippen LogP contribution < -0.4 is 5.32 Å². The van der Waals surface area contributed by atoms with E-state index in [1.807, 2.05) is 12.3 Å². The van der Waals surface area contributed by atoms with Gasteiger partial charge in [-0.25, -0.2) is 0 Å². The Kier molecular flexibility index (Phi) is 4.24. The molecule has 0 spiro atoms. The molecule has 0 saturated heterocycles. The van der Waals surface area contributed by atoms with Crippen molar-refractivity contribution in [2.75, 3.05) is 11.9 Å². The van der Waals surface area contributed by atoms with Crippen molar-refractivity contribution in [1.29, 1.82) is 0 Å². The number of hydrogen-bond donors (Lipinski definition) is 1. The number of rotatable bonds is 5. The smallest absolute Gasteiger partial charge is 0.272 e. The van der Waals surface area contributed by atoms with Gasteiger partial charge in [0, 0.05) is 31.1 Å². The second-order valence-electron chi connectivity index (χ2n) is 3.74. The van der Waals surface area contributed by atoms with Gasteiger partial charge in [-0.1, -0.05) is 23.2 Å². The number of nitrogens with zero attached hydrogens (tertiary/aromatic N) is 3. The Hall–Kier alpha value is -1.79. The molecular weight excluding hydrogens is 291 g/mol. The van der Waals surface area contributed by atoms with Gasteiger partial charge in [-0.15, -0.1) is 0 Å². The zero-order valence-electron chi connectivity index (χ0n) is 9.72. The Bertz CT molecular complexity index is 563. The zero-order valence-corrected chi connectivity index (χ0v) is 11.2. The molecule has 1 aromatic heterocycles. The summed E-state index contributed by atoms with van der Waals surface area (Å²) in [7, 11) is 0. The van der Waals surface area contributed by atoms with Crippen LogP contribution in [0.2, 0.25) is 10.0 Å². The van der Waals surface area contributed by atoms with Crippen LogP contribution in [0.15, 0.2) is 30.6 Å². The van der Waals surface area contributed by atoms with E-state index in [1.54, 1.807) is 10.9 Å². The van der Waals surface area contributed by atoms with Crippen molar-refractivity contribution in [3.63, 3.8) is 0 Å². The summed E-state index contributed by atoms with van der Waals surface area (Å²) in [4.78, 5) is 10.1. The first kappa shape index (κ1) is 13.6. The fraction of sp³-hybridized carbons (Fsp3) is 0.182. The summed E-state index contributed by atoms with van der Waals surface area (Å²) < 4.78 is 1.75. The first-order chi connectivity index (χ1) is 9.08. The number of nitro benzene ring substituents is 1. The van der Waals surface area contributed by atoms with Crippen LogP contribution >= 0.6 is 23.2 Å². The topological polar surface area (TPSA) is 73.0 Å². The van der Waals surface area contributed by atoms with Gasteiger partial charge < -0.3 is 5.32 Å². The highest BCUT2D eigenvalue weighted by Gasteiger charge is 2.14. The molecule has 0 aliphatic carbocycles.